The number of rotatable bonds is 7. The highest BCUT2D eigenvalue weighted by atomic mass is 32.2. The fraction of sp³-hybridized carbons (Fsp3) is 0.250. The Morgan fingerprint density at radius 3 is 2.38 bits per heavy atom. The molecule has 1 atom stereocenters. The predicted octanol–water partition coefficient (Wildman–Crippen LogP) is 3.67. The van der Waals surface area contributed by atoms with E-state index in [1.807, 2.05) is 79.2 Å². The minimum atomic E-state index is -0.203. The van der Waals surface area contributed by atoms with Crippen molar-refractivity contribution in [2.24, 2.45) is 7.05 Å². The number of carbonyl (C=O) groups excluding carboxylic acids is 1. The van der Waals surface area contributed by atoms with Crippen LogP contribution >= 0.6 is 11.8 Å². The zero-order chi connectivity index (χ0) is 18.4. The first kappa shape index (κ1) is 18.2. The van der Waals surface area contributed by atoms with Gasteiger partial charge in [-0.1, -0.05) is 79.3 Å². The summed E-state index contributed by atoms with van der Waals surface area (Å²) in [5, 5.41) is 12.1. The Bertz CT molecular complexity index is 849. The molecule has 6 heteroatoms. The molecule has 1 unspecified atom stereocenters. The third kappa shape index (κ3) is 4.32. The standard InChI is InChI=1S/C20H22N4OS/c1-3-17(19(25)21-14-15-10-6-4-7-11-15)26-20-23-22-18(24(20)2)16-12-8-5-9-13-16/h4-13,17H,3,14H2,1-2H3,(H,21,25). The summed E-state index contributed by atoms with van der Waals surface area (Å²) in [5.74, 6) is 0.818. The van der Waals surface area contributed by atoms with Crippen molar-refractivity contribution in [3.05, 3.63) is 66.2 Å². The van der Waals surface area contributed by atoms with E-state index in [1.54, 1.807) is 0 Å². The number of aromatic nitrogens is 3. The van der Waals surface area contributed by atoms with E-state index in [4.69, 9.17) is 0 Å². The second-order valence-electron chi connectivity index (χ2n) is 5.95. The number of nitrogens with zero attached hydrogens (tertiary/aromatic N) is 3. The lowest BCUT2D eigenvalue weighted by atomic mass is 10.2. The molecule has 1 heterocycles. The van der Waals surface area contributed by atoms with Crippen molar-refractivity contribution in [2.75, 3.05) is 0 Å². The van der Waals surface area contributed by atoms with E-state index in [9.17, 15) is 4.79 Å². The highest BCUT2D eigenvalue weighted by Gasteiger charge is 2.21. The van der Waals surface area contributed by atoms with Gasteiger partial charge >= 0.3 is 0 Å². The van der Waals surface area contributed by atoms with E-state index >= 15 is 0 Å². The number of carbonyl (C=O) groups is 1. The summed E-state index contributed by atoms with van der Waals surface area (Å²) in [4.78, 5) is 12.6. The topological polar surface area (TPSA) is 59.8 Å². The monoisotopic (exact) mass is 366 g/mol. The Kier molecular flexibility index (Phi) is 6.07. The van der Waals surface area contributed by atoms with Gasteiger partial charge in [-0.2, -0.15) is 0 Å². The molecule has 1 N–H and O–H groups in total. The van der Waals surface area contributed by atoms with Crippen molar-refractivity contribution >= 4 is 17.7 Å². The first-order chi connectivity index (χ1) is 12.7. The number of hydrogen-bond donors (Lipinski definition) is 1. The molecule has 0 bridgehead atoms. The van der Waals surface area contributed by atoms with Gasteiger partial charge in [0, 0.05) is 19.2 Å². The predicted molar refractivity (Wildman–Crippen MR) is 105 cm³/mol. The van der Waals surface area contributed by atoms with E-state index in [0.717, 1.165) is 28.5 Å². The molecule has 3 rings (SSSR count). The number of thioether (sulfide) groups is 1. The Morgan fingerprint density at radius 1 is 1.08 bits per heavy atom. The normalized spacial score (nSPS) is 11.9. The van der Waals surface area contributed by atoms with Crippen LogP contribution in [0.1, 0.15) is 18.9 Å². The molecule has 26 heavy (non-hydrogen) atoms. The van der Waals surface area contributed by atoms with Crippen molar-refractivity contribution < 1.29 is 4.79 Å². The van der Waals surface area contributed by atoms with Gasteiger partial charge in [-0.3, -0.25) is 4.79 Å². The van der Waals surface area contributed by atoms with Crippen LogP contribution in [0.15, 0.2) is 65.8 Å². The molecule has 5 nitrogen and oxygen atoms in total. The van der Waals surface area contributed by atoms with Gasteiger partial charge in [-0.25, -0.2) is 0 Å². The summed E-state index contributed by atoms with van der Waals surface area (Å²) in [6.07, 6.45) is 0.721. The Labute approximate surface area is 157 Å². The van der Waals surface area contributed by atoms with Gasteiger partial charge in [-0.05, 0) is 12.0 Å². The molecule has 0 aliphatic rings. The summed E-state index contributed by atoms with van der Waals surface area (Å²) in [6.45, 7) is 2.54. The van der Waals surface area contributed by atoms with Gasteiger partial charge in [0.05, 0.1) is 5.25 Å². The van der Waals surface area contributed by atoms with Crippen LogP contribution in [-0.2, 0) is 18.4 Å². The largest absolute Gasteiger partial charge is 0.351 e. The van der Waals surface area contributed by atoms with Crippen molar-refractivity contribution in [1.82, 2.24) is 20.1 Å². The molecule has 0 saturated heterocycles. The molecule has 0 radical (unpaired) electrons. The SMILES string of the molecule is CCC(Sc1nnc(-c2ccccc2)n1C)C(=O)NCc1ccccc1. The molecule has 2 aromatic carbocycles. The van der Waals surface area contributed by atoms with Crippen molar-refractivity contribution in [3.63, 3.8) is 0 Å². The minimum Gasteiger partial charge on any atom is -0.351 e. The minimum absolute atomic E-state index is 0.0191. The third-order valence-electron chi connectivity index (χ3n) is 4.09. The summed E-state index contributed by atoms with van der Waals surface area (Å²) in [5.41, 5.74) is 2.10. The van der Waals surface area contributed by atoms with Gasteiger partial charge in [0.25, 0.3) is 0 Å². The van der Waals surface area contributed by atoms with Gasteiger partial charge in [0.2, 0.25) is 5.91 Å². The zero-order valence-electron chi connectivity index (χ0n) is 14.9. The number of benzene rings is 2. The van der Waals surface area contributed by atoms with Crippen LogP contribution in [0.5, 0.6) is 0 Å². The van der Waals surface area contributed by atoms with E-state index < -0.39 is 0 Å². The second-order valence-corrected chi connectivity index (χ2v) is 7.12. The van der Waals surface area contributed by atoms with Crippen LogP contribution in [0.4, 0.5) is 0 Å². The molecule has 0 fully saturated rings. The molecule has 0 spiro atoms. The third-order valence-corrected chi connectivity index (χ3v) is 5.49. The molecule has 0 aliphatic carbocycles. The van der Waals surface area contributed by atoms with Crippen LogP contribution in [0, 0.1) is 0 Å². The lowest BCUT2D eigenvalue weighted by Crippen LogP contribution is -2.32. The van der Waals surface area contributed by atoms with E-state index in [1.165, 1.54) is 11.8 Å². The summed E-state index contributed by atoms with van der Waals surface area (Å²) in [7, 11) is 1.93. The van der Waals surface area contributed by atoms with Crippen molar-refractivity contribution in [1.29, 1.82) is 0 Å². The molecule has 134 valence electrons. The van der Waals surface area contributed by atoms with E-state index in [2.05, 4.69) is 15.5 Å². The van der Waals surface area contributed by atoms with Crippen LogP contribution in [0.25, 0.3) is 11.4 Å². The molecule has 1 aromatic heterocycles. The molecule has 3 aromatic rings. The van der Waals surface area contributed by atoms with E-state index in [-0.39, 0.29) is 11.2 Å². The lowest BCUT2D eigenvalue weighted by Gasteiger charge is -2.14. The maximum Gasteiger partial charge on any atom is 0.233 e. The molecule has 1 amide bonds. The maximum absolute atomic E-state index is 12.6. The first-order valence-electron chi connectivity index (χ1n) is 8.62. The number of nitrogens with one attached hydrogen (secondary N) is 1. The van der Waals surface area contributed by atoms with E-state index in [0.29, 0.717) is 6.54 Å². The van der Waals surface area contributed by atoms with Gasteiger partial charge < -0.3 is 9.88 Å². The van der Waals surface area contributed by atoms with Crippen LogP contribution in [-0.4, -0.2) is 25.9 Å². The van der Waals surface area contributed by atoms with Crippen LogP contribution in [0.3, 0.4) is 0 Å². The number of hydrogen-bond acceptors (Lipinski definition) is 4. The quantitative estimate of drug-likeness (QED) is 0.648. The van der Waals surface area contributed by atoms with Crippen molar-refractivity contribution in [2.45, 2.75) is 30.3 Å². The van der Waals surface area contributed by atoms with Gasteiger partial charge in [0.1, 0.15) is 0 Å². The highest BCUT2D eigenvalue weighted by molar-refractivity contribution is 8.00. The average molecular weight is 366 g/mol. The number of amides is 1. The van der Waals surface area contributed by atoms with Gasteiger partial charge in [0.15, 0.2) is 11.0 Å². The Hall–Kier alpha value is -2.60. The molecule has 0 saturated carbocycles. The van der Waals surface area contributed by atoms with Crippen LogP contribution in [0.2, 0.25) is 0 Å². The molecular weight excluding hydrogens is 344 g/mol. The lowest BCUT2D eigenvalue weighted by molar-refractivity contribution is -0.120. The Balaban J connectivity index is 1.66. The van der Waals surface area contributed by atoms with Crippen LogP contribution < -0.4 is 5.32 Å². The smallest absolute Gasteiger partial charge is 0.233 e. The fourth-order valence-corrected chi connectivity index (χ4v) is 3.55. The highest BCUT2D eigenvalue weighted by Crippen LogP contribution is 2.27. The van der Waals surface area contributed by atoms with Crippen molar-refractivity contribution in [3.8, 4) is 11.4 Å². The molecular formula is C20H22N4OS. The second kappa shape index (κ2) is 8.67. The molecule has 0 aliphatic heterocycles. The Morgan fingerprint density at radius 2 is 1.73 bits per heavy atom. The first-order valence-corrected chi connectivity index (χ1v) is 9.50. The summed E-state index contributed by atoms with van der Waals surface area (Å²) >= 11 is 1.45. The summed E-state index contributed by atoms with van der Waals surface area (Å²) < 4.78 is 1.94. The summed E-state index contributed by atoms with van der Waals surface area (Å²) in [6, 6.07) is 19.8. The van der Waals surface area contributed by atoms with Gasteiger partial charge in [-0.15, -0.1) is 10.2 Å². The zero-order valence-corrected chi connectivity index (χ0v) is 15.7. The maximum atomic E-state index is 12.6. The fourth-order valence-electron chi connectivity index (χ4n) is 2.60. The average Bonchev–Trinajstić information content (AvgIpc) is 3.06.